The van der Waals surface area contributed by atoms with Gasteiger partial charge in [0.2, 0.25) is 0 Å². The summed E-state index contributed by atoms with van der Waals surface area (Å²) in [6, 6.07) is 0. The van der Waals surface area contributed by atoms with Crippen LogP contribution in [0.15, 0.2) is 4.99 Å². The van der Waals surface area contributed by atoms with E-state index in [2.05, 4.69) is 18.8 Å². The number of rotatable bonds is 0. The fourth-order valence-electron chi connectivity index (χ4n) is 1.22. The van der Waals surface area contributed by atoms with Crippen molar-refractivity contribution in [2.24, 2.45) is 10.4 Å². The summed E-state index contributed by atoms with van der Waals surface area (Å²) in [4.78, 5) is 4.33. The number of aliphatic imine (C=N–C) groups is 1. The average Bonchev–Trinajstić information content (AvgIpc) is 1.92. The molecule has 0 aromatic rings. The molecule has 0 atom stereocenters. The van der Waals surface area contributed by atoms with E-state index in [1.807, 2.05) is 6.92 Å². The SMILES string of the molecule is CC1=NCC(C)(C)CCCO1. The van der Waals surface area contributed by atoms with Gasteiger partial charge in [0, 0.05) is 13.5 Å². The van der Waals surface area contributed by atoms with Gasteiger partial charge in [0.05, 0.1) is 6.61 Å². The van der Waals surface area contributed by atoms with E-state index in [0.717, 1.165) is 25.5 Å². The fourth-order valence-corrected chi connectivity index (χ4v) is 1.22. The summed E-state index contributed by atoms with van der Waals surface area (Å²) in [5.74, 6) is 0.845. The third-order valence-electron chi connectivity index (χ3n) is 2.04. The lowest BCUT2D eigenvalue weighted by molar-refractivity contribution is 0.233. The van der Waals surface area contributed by atoms with E-state index < -0.39 is 0 Å². The Morgan fingerprint density at radius 3 is 2.91 bits per heavy atom. The Labute approximate surface area is 68.7 Å². The van der Waals surface area contributed by atoms with Crippen molar-refractivity contribution in [2.45, 2.75) is 33.6 Å². The predicted molar refractivity (Wildman–Crippen MR) is 46.9 cm³/mol. The lowest BCUT2D eigenvalue weighted by Crippen LogP contribution is -2.20. The van der Waals surface area contributed by atoms with Gasteiger partial charge in [-0.15, -0.1) is 0 Å². The minimum atomic E-state index is 0.366. The monoisotopic (exact) mass is 155 g/mol. The van der Waals surface area contributed by atoms with Crippen molar-refractivity contribution in [3.63, 3.8) is 0 Å². The molecule has 1 aliphatic heterocycles. The highest BCUT2D eigenvalue weighted by Gasteiger charge is 2.18. The van der Waals surface area contributed by atoms with Gasteiger partial charge in [-0.3, -0.25) is 4.99 Å². The Morgan fingerprint density at radius 2 is 2.18 bits per heavy atom. The molecule has 0 bridgehead atoms. The minimum absolute atomic E-state index is 0.366. The Hall–Kier alpha value is -0.530. The first-order chi connectivity index (χ1) is 5.10. The highest BCUT2D eigenvalue weighted by molar-refractivity contribution is 5.73. The number of hydrogen-bond donors (Lipinski definition) is 0. The largest absolute Gasteiger partial charge is 0.481 e. The van der Waals surface area contributed by atoms with Crippen LogP contribution in [0.2, 0.25) is 0 Å². The van der Waals surface area contributed by atoms with Gasteiger partial charge in [-0.05, 0) is 18.3 Å². The Morgan fingerprint density at radius 1 is 1.45 bits per heavy atom. The first-order valence-corrected chi connectivity index (χ1v) is 4.24. The van der Waals surface area contributed by atoms with Crippen molar-refractivity contribution in [3.8, 4) is 0 Å². The van der Waals surface area contributed by atoms with Crippen LogP contribution in [0.4, 0.5) is 0 Å². The zero-order chi connectivity index (χ0) is 8.32. The van der Waals surface area contributed by atoms with Crippen molar-refractivity contribution in [1.29, 1.82) is 0 Å². The third kappa shape index (κ3) is 2.91. The minimum Gasteiger partial charge on any atom is -0.481 e. The molecule has 2 nitrogen and oxygen atoms in total. The van der Waals surface area contributed by atoms with Crippen LogP contribution in [0.5, 0.6) is 0 Å². The number of ether oxygens (including phenoxy) is 1. The van der Waals surface area contributed by atoms with Crippen LogP contribution in [0.1, 0.15) is 33.6 Å². The van der Waals surface area contributed by atoms with Crippen LogP contribution in [0.3, 0.4) is 0 Å². The molecule has 0 aromatic carbocycles. The first kappa shape index (κ1) is 8.57. The second kappa shape index (κ2) is 3.24. The summed E-state index contributed by atoms with van der Waals surface area (Å²) < 4.78 is 5.33. The van der Waals surface area contributed by atoms with Gasteiger partial charge in [0.15, 0.2) is 5.90 Å². The highest BCUT2D eigenvalue weighted by Crippen LogP contribution is 2.23. The smallest absolute Gasteiger partial charge is 0.179 e. The summed E-state index contributed by atoms with van der Waals surface area (Å²) in [5.41, 5.74) is 0.366. The first-order valence-electron chi connectivity index (χ1n) is 4.24. The van der Waals surface area contributed by atoms with Gasteiger partial charge in [-0.25, -0.2) is 0 Å². The Kier molecular flexibility index (Phi) is 2.53. The van der Waals surface area contributed by atoms with Crippen molar-refractivity contribution < 1.29 is 4.74 Å². The highest BCUT2D eigenvalue weighted by atomic mass is 16.5. The van der Waals surface area contributed by atoms with E-state index in [1.165, 1.54) is 6.42 Å². The number of hydrogen-bond acceptors (Lipinski definition) is 2. The van der Waals surface area contributed by atoms with Crippen molar-refractivity contribution in [1.82, 2.24) is 0 Å². The molecule has 0 aromatic heterocycles. The van der Waals surface area contributed by atoms with E-state index in [1.54, 1.807) is 0 Å². The average molecular weight is 155 g/mol. The molecule has 1 aliphatic rings. The van der Waals surface area contributed by atoms with Crippen LogP contribution in [0, 0.1) is 5.41 Å². The molecule has 0 radical (unpaired) electrons. The van der Waals surface area contributed by atoms with Crippen molar-refractivity contribution >= 4 is 5.90 Å². The molecule has 0 saturated carbocycles. The molecule has 2 heteroatoms. The molecular formula is C9H17NO. The fraction of sp³-hybridized carbons (Fsp3) is 0.889. The third-order valence-corrected chi connectivity index (χ3v) is 2.04. The van der Waals surface area contributed by atoms with Crippen LogP contribution >= 0.6 is 0 Å². The van der Waals surface area contributed by atoms with Gasteiger partial charge in [0.25, 0.3) is 0 Å². The van der Waals surface area contributed by atoms with Gasteiger partial charge in [-0.1, -0.05) is 13.8 Å². The van der Waals surface area contributed by atoms with E-state index in [9.17, 15) is 0 Å². The van der Waals surface area contributed by atoms with Gasteiger partial charge in [0.1, 0.15) is 0 Å². The Balaban J connectivity index is 2.56. The van der Waals surface area contributed by atoms with E-state index in [4.69, 9.17) is 4.74 Å². The molecule has 0 saturated heterocycles. The maximum Gasteiger partial charge on any atom is 0.179 e. The van der Waals surface area contributed by atoms with Gasteiger partial charge in [-0.2, -0.15) is 0 Å². The molecule has 1 rings (SSSR count). The lowest BCUT2D eigenvalue weighted by atomic mass is 9.88. The molecule has 0 amide bonds. The lowest BCUT2D eigenvalue weighted by Gasteiger charge is -2.24. The standard InChI is InChI=1S/C9H17NO/c1-8-10-7-9(2,3)5-4-6-11-8/h4-7H2,1-3H3. The van der Waals surface area contributed by atoms with Crippen LogP contribution < -0.4 is 0 Å². The summed E-state index contributed by atoms with van der Waals surface area (Å²) in [6.45, 7) is 8.18. The molecule has 0 fully saturated rings. The molecular weight excluding hydrogens is 138 g/mol. The second-order valence-electron chi connectivity index (χ2n) is 3.95. The van der Waals surface area contributed by atoms with Crippen LogP contribution in [0.25, 0.3) is 0 Å². The molecule has 64 valence electrons. The van der Waals surface area contributed by atoms with Crippen LogP contribution in [-0.2, 0) is 4.74 Å². The summed E-state index contributed by atoms with van der Waals surface area (Å²) in [7, 11) is 0. The molecule has 11 heavy (non-hydrogen) atoms. The topological polar surface area (TPSA) is 21.6 Å². The maximum absolute atomic E-state index is 5.33. The molecule has 0 N–H and O–H groups in total. The van der Waals surface area contributed by atoms with Crippen molar-refractivity contribution in [2.75, 3.05) is 13.2 Å². The van der Waals surface area contributed by atoms with E-state index in [-0.39, 0.29) is 0 Å². The molecule has 1 heterocycles. The predicted octanol–water partition coefficient (Wildman–Crippen LogP) is 2.24. The quantitative estimate of drug-likeness (QED) is 0.525. The van der Waals surface area contributed by atoms with Crippen LogP contribution in [-0.4, -0.2) is 19.0 Å². The number of nitrogens with zero attached hydrogens (tertiary/aromatic N) is 1. The van der Waals surface area contributed by atoms with Gasteiger partial charge < -0.3 is 4.74 Å². The molecule has 0 spiro atoms. The van der Waals surface area contributed by atoms with E-state index >= 15 is 0 Å². The summed E-state index contributed by atoms with van der Waals surface area (Å²) >= 11 is 0. The van der Waals surface area contributed by atoms with Crippen molar-refractivity contribution in [3.05, 3.63) is 0 Å². The zero-order valence-electron chi connectivity index (χ0n) is 7.68. The zero-order valence-corrected chi connectivity index (χ0v) is 7.68. The second-order valence-corrected chi connectivity index (χ2v) is 3.95. The summed E-state index contributed by atoms with van der Waals surface area (Å²) in [6.07, 6.45) is 2.36. The van der Waals surface area contributed by atoms with Gasteiger partial charge >= 0.3 is 0 Å². The van der Waals surface area contributed by atoms with E-state index in [0.29, 0.717) is 5.41 Å². The molecule has 0 aliphatic carbocycles. The maximum atomic E-state index is 5.33. The molecule has 0 unspecified atom stereocenters. The Bertz CT molecular complexity index is 161. The normalized spacial score (nSPS) is 24.5. The summed E-state index contributed by atoms with van der Waals surface area (Å²) in [5, 5.41) is 0.